The highest BCUT2D eigenvalue weighted by Crippen LogP contribution is 2.12. The average molecular weight is 247 g/mol. The van der Waals surface area contributed by atoms with Crippen LogP contribution >= 0.6 is 0 Å². The quantitative estimate of drug-likeness (QED) is 0.718. The molecule has 16 heavy (non-hydrogen) atoms. The molecule has 0 N–H and O–H groups in total. The van der Waals surface area contributed by atoms with Crippen LogP contribution in [0.3, 0.4) is 0 Å². The molecule has 5 heteroatoms. The Hall–Kier alpha value is -0.420. The standard InChI is InChI=1S/C11H21NO3S/c1-3-16(14,15)8-4-6-12-7-5-11(13)10(2)9-12/h10H,3-9H2,1-2H3. The summed E-state index contributed by atoms with van der Waals surface area (Å²) in [6.07, 6.45) is 1.29. The van der Waals surface area contributed by atoms with Gasteiger partial charge in [0.25, 0.3) is 0 Å². The van der Waals surface area contributed by atoms with E-state index in [4.69, 9.17) is 0 Å². The molecule has 0 bridgehead atoms. The summed E-state index contributed by atoms with van der Waals surface area (Å²) in [7, 11) is -2.84. The zero-order valence-corrected chi connectivity index (χ0v) is 10.9. The Morgan fingerprint density at radius 3 is 2.69 bits per heavy atom. The summed E-state index contributed by atoms with van der Waals surface area (Å²) >= 11 is 0. The number of rotatable bonds is 5. The smallest absolute Gasteiger partial charge is 0.150 e. The minimum absolute atomic E-state index is 0.108. The van der Waals surface area contributed by atoms with Crippen molar-refractivity contribution < 1.29 is 13.2 Å². The summed E-state index contributed by atoms with van der Waals surface area (Å²) in [6.45, 7) is 5.98. The Kier molecular flexibility index (Phi) is 4.92. The molecule has 0 aromatic carbocycles. The molecule has 1 aliphatic heterocycles. The third-order valence-corrected chi connectivity index (χ3v) is 4.92. The Morgan fingerprint density at radius 1 is 1.44 bits per heavy atom. The van der Waals surface area contributed by atoms with Crippen LogP contribution in [-0.4, -0.2) is 50.2 Å². The largest absolute Gasteiger partial charge is 0.302 e. The maximum Gasteiger partial charge on any atom is 0.150 e. The molecule has 0 aliphatic carbocycles. The van der Waals surface area contributed by atoms with Gasteiger partial charge in [0.1, 0.15) is 15.6 Å². The molecule has 1 fully saturated rings. The summed E-state index contributed by atoms with van der Waals surface area (Å²) in [5.41, 5.74) is 0. The Labute approximate surface area is 97.9 Å². The van der Waals surface area contributed by atoms with Crippen molar-refractivity contribution in [2.45, 2.75) is 26.7 Å². The lowest BCUT2D eigenvalue weighted by atomic mass is 9.99. The molecule has 0 radical (unpaired) electrons. The van der Waals surface area contributed by atoms with Gasteiger partial charge >= 0.3 is 0 Å². The first-order chi connectivity index (χ1) is 7.44. The summed E-state index contributed by atoms with van der Waals surface area (Å²) < 4.78 is 22.6. The average Bonchev–Trinajstić information content (AvgIpc) is 2.23. The van der Waals surface area contributed by atoms with Gasteiger partial charge < -0.3 is 4.90 Å². The predicted molar refractivity (Wildman–Crippen MR) is 64.2 cm³/mol. The highest BCUT2D eigenvalue weighted by atomic mass is 32.2. The molecule has 1 unspecified atom stereocenters. The van der Waals surface area contributed by atoms with E-state index in [0.29, 0.717) is 18.6 Å². The normalized spacial score (nSPS) is 23.6. The van der Waals surface area contributed by atoms with Gasteiger partial charge in [-0.1, -0.05) is 13.8 Å². The first-order valence-electron chi connectivity index (χ1n) is 5.90. The van der Waals surface area contributed by atoms with E-state index in [1.165, 1.54) is 0 Å². The number of Topliss-reactive ketones (excluding diaryl/α,β-unsaturated/α-hetero) is 1. The number of sulfone groups is 1. The molecule has 1 heterocycles. The maximum atomic E-state index is 11.3. The minimum Gasteiger partial charge on any atom is -0.302 e. The molecule has 1 atom stereocenters. The Balaban J connectivity index is 2.27. The number of likely N-dealkylation sites (tertiary alicyclic amines) is 1. The first kappa shape index (κ1) is 13.6. The van der Waals surface area contributed by atoms with Crippen LogP contribution in [0.15, 0.2) is 0 Å². The van der Waals surface area contributed by atoms with E-state index in [1.54, 1.807) is 6.92 Å². The van der Waals surface area contributed by atoms with Crippen molar-refractivity contribution in [1.82, 2.24) is 4.90 Å². The number of piperidine rings is 1. The predicted octanol–water partition coefficient (Wildman–Crippen LogP) is 0.722. The van der Waals surface area contributed by atoms with Crippen LogP contribution in [0.25, 0.3) is 0 Å². The van der Waals surface area contributed by atoms with Gasteiger partial charge in [-0.3, -0.25) is 4.79 Å². The SMILES string of the molecule is CCS(=O)(=O)CCCN1CCC(=O)C(C)C1. The fourth-order valence-corrected chi connectivity index (χ4v) is 2.81. The van der Waals surface area contributed by atoms with Crippen molar-refractivity contribution in [1.29, 1.82) is 0 Å². The molecule has 4 nitrogen and oxygen atoms in total. The van der Waals surface area contributed by atoms with E-state index in [9.17, 15) is 13.2 Å². The second kappa shape index (κ2) is 5.77. The van der Waals surface area contributed by atoms with Crippen LogP contribution in [0, 0.1) is 5.92 Å². The summed E-state index contributed by atoms with van der Waals surface area (Å²) in [4.78, 5) is 13.5. The maximum absolute atomic E-state index is 11.3. The lowest BCUT2D eigenvalue weighted by molar-refractivity contribution is -0.125. The van der Waals surface area contributed by atoms with Crippen LogP contribution in [0.1, 0.15) is 26.7 Å². The van der Waals surface area contributed by atoms with Crippen molar-refractivity contribution >= 4 is 15.6 Å². The van der Waals surface area contributed by atoms with Crippen LogP contribution in [-0.2, 0) is 14.6 Å². The number of carbonyl (C=O) groups excluding carboxylic acids is 1. The fraction of sp³-hybridized carbons (Fsp3) is 0.909. The fourth-order valence-electron chi connectivity index (χ4n) is 1.95. The number of hydrogen-bond acceptors (Lipinski definition) is 4. The molecule has 94 valence electrons. The molecule has 0 saturated carbocycles. The lowest BCUT2D eigenvalue weighted by Gasteiger charge is -2.29. The second-order valence-electron chi connectivity index (χ2n) is 4.51. The number of hydrogen-bond donors (Lipinski definition) is 0. The second-order valence-corrected chi connectivity index (χ2v) is 6.98. The highest BCUT2D eigenvalue weighted by Gasteiger charge is 2.23. The molecule has 1 rings (SSSR count). The van der Waals surface area contributed by atoms with Crippen molar-refractivity contribution in [3.05, 3.63) is 0 Å². The Morgan fingerprint density at radius 2 is 2.12 bits per heavy atom. The van der Waals surface area contributed by atoms with Gasteiger partial charge in [0.2, 0.25) is 0 Å². The highest BCUT2D eigenvalue weighted by molar-refractivity contribution is 7.91. The minimum atomic E-state index is -2.84. The van der Waals surface area contributed by atoms with Crippen molar-refractivity contribution in [3.63, 3.8) is 0 Å². The molecular weight excluding hydrogens is 226 g/mol. The summed E-state index contributed by atoms with van der Waals surface area (Å²) in [5.74, 6) is 0.929. The molecule has 0 aromatic heterocycles. The van der Waals surface area contributed by atoms with E-state index in [0.717, 1.165) is 19.6 Å². The van der Waals surface area contributed by atoms with Crippen molar-refractivity contribution in [3.8, 4) is 0 Å². The van der Waals surface area contributed by atoms with E-state index in [1.807, 2.05) is 6.92 Å². The zero-order chi connectivity index (χ0) is 12.2. The molecule has 0 amide bonds. The monoisotopic (exact) mass is 247 g/mol. The summed E-state index contributed by atoms with van der Waals surface area (Å²) in [6, 6.07) is 0. The molecule has 0 spiro atoms. The number of carbonyl (C=O) groups is 1. The van der Waals surface area contributed by atoms with Gasteiger partial charge in [-0.15, -0.1) is 0 Å². The lowest BCUT2D eigenvalue weighted by Crippen LogP contribution is -2.40. The van der Waals surface area contributed by atoms with Crippen LogP contribution in [0.5, 0.6) is 0 Å². The van der Waals surface area contributed by atoms with Crippen LogP contribution in [0.2, 0.25) is 0 Å². The van der Waals surface area contributed by atoms with Gasteiger partial charge in [-0.05, 0) is 13.0 Å². The molecule has 1 saturated heterocycles. The topological polar surface area (TPSA) is 54.5 Å². The number of nitrogens with zero attached hydrogens (tertiary/aromatic N) is 1. The van der Waals surface area contributed by atoms with Crippen molar-refractivity contribution in [2.75, 3.05) is 31.1 Å². The summed E-state index contributed by atoms with van der Waals surface area (Å²) in [5, 5.41) is 0. The van der Waals surface area contributed by atoms with Gasteiger partial charge in [0.15, 0.2) is 0 Å². The van der Waals surface area contributed by atoms with Gasteiger partial charge in [0, 0.05) is 31.2 Å². The van der Waals surface area contributed by atoms with Crippen molar-refractivity contribution in [2.24, 2.45) is 5.92 Å². The van der Waals surface area contributed by atoms with Gasteiger partial charge in [0.05, 0.1) is 5.75 Å². The molecule has 0 aromatic rings. The third kappa shape index (κ3) is 4.22. The zero-order valence-electron chi connectivity index (χ0n) is 10.1. The number of ketones is 1. The van der Waals surface area contributed by atoms with Gasteiger partial charge in [-0.2, -0.15) is 0 Å². The third-order valence-electron chi connectivity index (χ3n) is 3.13. The van der Waals surface area contributed by atoms with Gasteiger partial charge in [-0.25, -0.2) is 8.42 Å². The van der Waals surface area contributed by atoms with Crippen LogP contribution in [0.4, 0.5) is 0 Å². The molecular formula is C11H21NO3S. The van der Waals surface area contributed by atoms with E-state index >= 15 is 0 Å². The van der Waals surface area contributed by atoms with E-state index in [-0.39, 0.29) is 17.4 Å². The van der Waals surface area contributed by atoms with E-state index < -0.39 is 9.84 Å². The van der Waals surface area contributed by atoms with E-state index in [2.05, 4.69) is 4.90 Å². The van der Waals surface area contributed by atoms with Crippen LogP contribution < -0.4 is 0 Å². The first-order valence-corrected chi connectivity index (χ1v) is 7.72. The Bertz CT molecular complexity index is 337. The molecule has 1 aliphatic rings.